The fraction of sp³-hybridized carbons (Fsp3) is 0.750. The predicted octanol–water partition coefficient (Wildman–Crippen LogP) is 4.12. The molecule has 3 heteroatoms. The molecule has 0 heterocycles. The summed E-state index contributed by atoms with van der Waals surface area (Å²) in [6.07, 6.45) is 9.04. The van der Waals surface area contributed by atoms with Crippen LogP contribution in [0.4, 0.5) is 0 Å². The van der Waals surface area contributed by atoms with Crippen molar-refractivity contribution in [3.8, 4) is 0 Å². The molecular formula is C16H27NO2. The van der Waals surface area contributed by atoms with Gasteiger partial charge in [-0.2, -0.15) is 0 Å². The molecule has 0 amide bonds. The van der Waals surface area contributed by atoms with Crippen molar-refractivity contribution in [2.24, 2.45) is 11.8 Å². The number of carbonyl (C=O) groups is 1. The van der Waals surface area contributed by atoms with Crippen molar-refractivity contribution in [2.75, 3.05) is 0 Å². The van der Waals surface area contributed by atoms with E-state index in [4.69, 9.17) is 10.1 Å². The minimum absolute atomic E-state index is 0.0612. The second-order valence-corrected chi connectivity index (χ2v) is 5.78. The van der Waals surface area contributed by atoms with Crippen LogP contribution in [0.1, 0.15) is 59.3 Å². The summed E-state index contributed by atoms with van der Waals surface area (Å²) in [5.74, 6) is 0.769. The van der Waals surface area contributed by atoms with Gasteiger partial charge in [-0.3, -0.25) is 0 Å². The van der Waals surface area contributed by atoms with Crippen molar-refractivity contribution >= 4 is 12.2 Å². The SMILES string of the molecule is CCC/C(C=N)=C/C(=O)O[C@@H]1CCCCC1C(C)C. The first kappa shape index (κ1) is 15.9. The third-order valence-corrected chi connectivity index (χ3v) is 3.90. The molecule has 108 valence electrons. The first-order valence-corrected chi connectivity index (χ1v) is 7.50. The maximum atomic E-state index is 11.9. The number of hydrogen-bond acceptors (Lipinski definition) is 3. The minimum atomic E-state index is -0.274. The zero-order valence-electron chi connectivity index (χ0n) is 12.4. The second-order valence-electron chi connectivity index (χ2n) is 5.78. The van der Waals surface area contributed by atoms with Crippen molar-refractivity contribution in [1.82, 2.24) is 0 Å². The molecule has 1 aliphatic carbocycles. The average Bonchev–Trinajstić information content (AvgIpc) is 2.38. The lowest BCUT2D eigenvalue weighted by Crippen LogP contribution is -2.32. The molecule has 0 spiro atoms. The zero-order valence-corrected chi connectivity index (χ0v) is 12.4. The fourth-order valence-corrected chi connectivity index (χ4v) is 2.84. The fourth-order valence-electron chi connectivity index (χ4n) is 2.84. The van der Waals surface area contributed by atoms with E-state index < -0.39 is 0 Å². The highest BCUT2D eigenvalue weighted by atomic mass is 16.5. The van der Waals surface area contributed by atoms with Crippen LogP contribution in [0, 0.1) is 17.2 Å². The number of ether oxygens (including phenoxy) is 1. The standard InChI is InChI=1S/C16H27NO2/c1-4-7-13(11-17)10-16(18)19-15-9-6-5-8-14(15)12(2)3/h10-12,14-15,17H,4-9H2,1-3H3/b13-10-,17-11?/t14?,15-/m1/s1. The van der Waals surface area contributed by atoms with Gasteiger partial charge in [0.15, 0.2) is 0 Å². The minimum Gasteiger partial charge on any atom is -0.459 e. The van der Waals surface area contributed by atoms with E-state index in [1.54, 1.807) is 0 Å². The highest BCUT2D eigenvalue weighted by Crippen LogP contribution is 2.32. The molecule has 1 aliphatic rings. The topological polar surface area (TPSA) is 50.2 Å². The summed E-state index contributed by atoms with van der Waals surface area (Å²) in [5, 5.41) is 7.28. The molecule has 0 aromatic heterocycles. The maximum absolute atomic E-state index is 11.9. The van der Waals surface area contributed by atoms with E-state index >= 15 is 0 Å². The van der Waals surface area contributed by atoms with E-state index in [-0.39, 0.29) is 12.1 Å². The Labute approximate surface area is 116 Å². The van der Waals surface area contributed by atoms with Crippen LogP contribution in [0.25, 0.3) is 0 Å². The molecule has 1 fully saturated rings. The van der Waals surface area contributed by atoms with Crippen molar-refractivity contribution < 1.29 is 9.53 Å². The molecule has 19 heavy (non-hydrogen) atoms. The third-order valence-electron chi connectivity index (χ3n) is 3.90. The molecule has 0 aromatic carbocycles. The summed E-state index contributed by atoms with van der Waals surface area (Å²) in [7, 11) is 0. The van der Waals surface area contributed by atoms with E-state index in [1.165, 1.54) is 18.7 Å². The van der Waals surface area contributed by atoms with Crippen LogP contribution in [0.3, 0.4) is 0 Å². The van der Waals surface area contributed by atoms with Crippen molar-refractivity contribution in [3.63, 3.8) is 0 Å². The Morgan fingerprint density at radius 2 is 2.05 bits per heavy atom. The lowest BCUT2D eigenvalue weighted by molar-refractivity contribution is -0.148. The van der Waals surface area contributed by atoms with Crippen LogP contribution in [0.15, 0.2) is 11.6 Å². The van der Waals surface area contributed by atoms with Gasteiger partial charge in [0.2, 0.25) is 0 Å². The molecule has 0 saturated heterocycles. The van der Waals surface area contributed by atoms with Gasteiger partial charge in [0.1, 0.15) is 6.10 Å². The Kier molecular flexibility index (Phi) is 6.82. The lowest BCUT2D eigenvalue weighted by atomic mass is 9.79. The molecule has 0 radical (unpaired) electrons. The Morgan fingerprint density at radius 3 is 2.63 bits per heavy atom. The molecule has 0 aliphatic heterocycles. The smallest absolute Gasteiger partial charge is 0.331 e. The van der Waals surface area contributed by atoms with Gasteiger partial charge >= 0.3 is 5.97 Å². The molecule has 0 aromatic rings. The summed E-state index contributed by atoms with van der Waals surface area (Å²) >= 11 is 0. The predicted molar refractivity (Wildman–Crippen MR) is 78.5 cm³/mol. The van der Waals surface area contributed by atoms with E-state index in [0.717, 1.165) is 37.7 Å². The summed E-state index contributed by atoms with van der Waals surface area (Å²) in [4.78, 5) is 11.9. The van der Waals surface area contributed by atoms with Crippen molar-refractivity contribution in [1.29, 1.82) is 5.41 Å². The largest absolute Gasteiger partial charge is 0.459 e. The first-order valence-electron chi connectivity index (χ1n) is 7.50. The molecule has 2 atom stereocenters. The van der Waals surface area contributed by atoms with E-state index in [0.29, 0.717) is 11.8 Å². The highest BCUT2D eigenvalue weighted by molar-refractivity contribution is 5.90. The first-order chi connectivity index (χ1) is 9.08. The monoisotopic (exact) mass is 265 g/mol. The van der Waals surface area contributed by atoms with Gasteiger partial charge in [0.05, 0.1) is 0 Å². The Balaban J connectivity index is 2.61. The lowest BCUT2D eigenvalue weighted by Gasteiger charge is -2.33. The Morgan fingerprint density at radius 1 is 1.37 bits per heavy atom. The second kappa shape index (κ2) is 8.13. The Hall–Kier alpha value is -1.12. The van der Waals surface area contributed by atoms with Crippen molar-refractivity contribution in [3.05, 3.63) is 11.6 Å². The van der Waals surface area contributed by atoms with E-state index in [9.17, 15) is 4.79 Å². The quantitative estimate of drug-likeness (QED) is 0.446. The summed E-state index contributed by atoms with van der Waals surface area (Å²) in [5.41, 5.74) is 0.754. The maximum Gasteiger partial charge on any atom is 0.331 e. The number of rotatable bonds is 6. The van der Waals surface area contributed by atoms with E-state index in [1.807, 2.05) is 6.92 Å². The highest BCUT2D eigenvalue weighted by Gasteiger charge is 2.29. The van der Waals surface area contributed by atoms with Crippen molar-refractivity contribution in [2.45, 2.75) is 65.4 Å². The molecule has 0 bridgehead atoms. The molecular weight excluding hydrogens is 238 g/mol. The van der Waals surface area contributed by atoms with Gasteiger partial charge < -0.3 is 10.1 Å². The van der Waals surface area contributed by atoms with Gasteiger partial charge in [-0.1, -0.05) is 33.6 Å². The van der Waals surface area contributed by atoms with Gasteiger partial charge in [-0.05, 0) is 43.1 Å². The van der Waals surface area contributed by atoms with Gasteiger partial charge in [-0.25, -0.2) is 4.79 Å². The Bertz CT molecular complexity index is 334. The number of esters is 1. The number of hydrogen-bond donors (Lipinski definition) is 1. The van der Waals surface area contributed by atoms with Crippen LogP contribution >= 0.6 is 0 Å². The molecule has 1 rings (SSSR count). The number of carbonyl (C=O) groups excluding carboxylic acids is 1. The normalized spacial score (nSPS) is 24.3. The van der Waals surface area contributed by atoms with Gasteiger partial charge in [0.25, 0.3) is 0 Å². The number of allylic oxidation sites excluding steroid dienone is 1. The van der Waals surface area contributed by atoms with Gasteiger partial charge in [-0.15, -0.1) is 0 Å². The van der Waals surface area contributed by atoms with E-state index in [2.05, 4.69) is 13.8 Å². The zero-order chi connectivity index (χ0) is 14.3. The third kappa shape index (κ3) is 5.17. The van der Waals surface area contributed by atoms with Crippen LogP contribution in [0.2, 0.25) is 0 Å². The summed E-state index contributed by atoms with van der Waals surface area (Å²) in [6, 6.07) is 0. The average molecular weight is 265 g/mol. The molecule has 1 N–H and O–H groups in total. The summed E-state index contributed by atoms with van der Waals surface area (Å²) in [6.45, 7) is 6.44. The van der Waals surface area contributed by atoms with Gasteiger partial charge in [0, 0.05) is 12.3 Å². The van der Waals surface area contributed by atoms with Crippen LogP contribution in [0.5, 0.6) is 0 Å². The number of nitrogens with one attached hydrogen (secondary N) is 1. The molecule has 3 nitrogen and oxygen atoms in total. The van der Waals surface area contributed by atoms with Crippen LogP contribution in [-0.4, -0.2) is 18.3 Å². The van der Waals surface area contributed by atoms with Crippen LogP contribution in [-0.2, 0) is 9.53 Å². The van der Waals surface area contributed by atoms with Crippen LogP contribution < -0.4 is 0 Å². The molecule has 1 saturated carbocycles. The molecule has 1 unspecified atom stereocenters. The summed E-state index contributed by atoms with van der Waals surface area (Å²) < 4.78 is 5.63.